The molecular weight excluding hydrogens is 1040 g/mol. The van der Waals surface area contributed by atoms with Crippen LogP contribution in [-0.4, -0.2) is 74.9 Å². The highest BCUT2D eigenvalue weighted by atomic mass is 31.2. The van der Waals surface area contributed by atoms with Crippen LogP contribution < -0.4 is 0 Å². The van der Waals surface area contributed by atoms with Gasteiger partial charge in [-0.15, -0.1) is 0 Å². The number of phosphoric ester groups is 1. The number of unbranched alkanes of at least 4 members (excludes halogenated alkanes) is 44. The monoisotopic (exact) mass is 1180 g/mol. The molecule has 2 atom stereocenters. The molecule has 0 amide bonds. The third-order valence-corrected chi connectivity index (χ3v) is 16.8. The van der Waals surface area contributed by atoms with Crippen molar-refractivity contribution in [3.8, 4) is 0 Å². The molecule has 0 spiro atoms. The second kappa shape index (κ2) is 63.5. The van der Waals surface area contributed by atoms with E-state index >= 15 is 0 Å². The maximum Gasteiger partial charge on any atom is 0.472 e. The van der Waals surface area contributed by atoms with Crippen LogP contribution in [0.15, 0.2) is 48.6 Å². The number of phosphoric acid groups is 1. The van der Waals surface area contributed by atoms with Crippen molar-refractivity contribution in [2.24, 2.45) is 0 Å². The van der Waals surface area contributed by atoms with E-state index in [4.69, 9.17) is 18.5 Å². The lowest BCUT2D eigenvalue weighted by molar-refractivity contribution is -0.870. The summed E-state index contributed by atoms with van der Waals surface area (Å²) in [5.74, 6) is -0.798. The number of hydrogen-bond donors (Lipinski definition) is 1. The number of hydrogen-bond acceptors (Lipinski definition) is 7. The number of quaternary nitrogens is 1. The molecule has 0 bridgehead atoms. The van der Waals surface area contributed by atoms with Gasteiger partial charge in [0, 0.05) is 12.8 Å². The Morgan fingerprint density at radius 1 is 0.378 bits per heavy atom. The number of allylic oxidation sites excluding steroid dienone is 8. The van der Waals surface area contributed by atoms with Crippen molar-refractivity contribution in [1.82, 2.24) is 0 Å². The summed E-state index contributed by atoms with van der Waals surface area (Å²) in [4.78, 5) is 35.8. The second-order valence-electron chi connectivity index (χ2n) is 25.3. The minimum atomic E-state index is -4.39. The smallest absolute Gasteiger partial charge is 0.462 e. The van der Waals surface area contributed by atoms with Crippen molar-refractivity contribution in [1.29, 1.82) is 0 Å². The van der Waals surface area contributed by atoms with Gasteiger partial charge in [0.15, 0.2) is 6.10 Å². The molecule has 0 fully saturated rings. The molecule has 82 heavy (non-hydrogen) atoms. The first-order chi connectivity index (χ1) is 40.0. The van der Waals surface area contributed by atoms with Gasteiger partial charge in [-0.1, -0.05) is 306 Å². The first-order valence-electron chi connectivity index (χ1n) is 35.4. The van der Waals surface area contributed by atoms with E-state index < -0.39 is 26.5 Å². The molecule has 0 radical (unpaired) electrons. The van der Waals surface area contributed by atoms with Crippen molar-refractivity contribution in [2.75, 3.05) is 47.5 Å². The zero-order chi connectivity index (χ0) is 59.8. The first kappa shape index (κ1) is 80.0. The average Bonchev–Trinajstić information content (AvgIpc) is 3.46. The van der Waals surface area contributed by atoms with E-state index in [1.54, 1.807) is 0 Å². The molecule has 0 aliphatic rings. The lowest BCUT2D eigenvalue weighted by Crippen LogP contribution is -2.37. The van der Waals surface area contributed by atoms with E-state index in [0.29, 0.717) is 17.4 Å². The van der Waals surface area contributed by atoms with Crippen LogP contribution in [-0.2, 0) is 32.7 Å². The number of nitrogens with zero attached hydrogens (tertiary/aromatic N) is 1. The van der Waals surface area contributed by atoms with Gasteiger partial charge in [0.05, 0.1) is 27.7 Å². The number of rotatable bonds is 66. The summed E-state index contributed by atoms with van der Waals surface area (Å²) < 4.78 is 34.7. The lowest BCUT2D eigenvalue weighted by atomic mass is 10.0. The Morgan fingerprint density at radius 3 is 1.01 bits per heavy atom. The number of carbonyl (C=O) groups excluding carboxylic acids is 2. The van der Waals surface area contributed by atoms with E-state index in [9.17, 15) is 19.0 Å². The van der Waals surface area contributed by atoms with Crippen molar-refractivity contribution in [3.05, 3.63) is 48.6 Å². The molecule has 0 aromatic rings. The van der Waals surface area contributed by atoms with Gasteiger partial charge in [0.1, 0.15) is 19.8 Å². The van der Waals surface area contributed by atoms with E-state index in [1.807, 2.05) is 21.1 Å². The van der Waals surface area contributed by atoms with Gasteiger partial charge in [-0.2, -0.15) is 0 Å². The number of ether oxygens (including phenoxy) is 2. The molecule has 0 saturated carbocycles. The fraction of sp³-hybridized carbons (Fsp3) is 0.861. The highest BCUT2D eigenvalue weighted by Gasteiger charge is 2.27. The molecule has 0 aliphatic heterocycles. The molecule has 0 aromatic carbocycles. The number of carbonyl (C=O) groups is 2. The minimum Gasteiger partial charge on any atom is -0.462 e. The molecule has 10 heteroatoms. The Balaban J connectivity index is 3.90. The molecule has 0 heterocycles. The van der Waals surface area contributed by atoms with Crippen LogP contribution in [0.1, 0.15) is 348 Å². The van der Waals surface area contributed by atoms with E-state index in [-0.39, 0.29) is 32.0 Å². The summed E-state index contributed by atoms with van der Waals surface area (Å²) in [5, 5.41) is 0. The third-order valence-electron chi connectivity index (χ3n) is 15.8. The van der Waals surface area contributed by atoms with Crippen LogP contribution in [0.3, 0.4) is 0 Å². The van der Waals surface area contributed by atoms with Gasteiger partial charge in [-0.05, 0) is 77.0 Å². The summed E-state index contributed by atoms with van der Waals surface area (Å²) in [6, 6.07) is 0. The predicted molar refractivity (Wildman–Crippen MR) is 353 cm³/mol. The summed E-state index contributed by atoms with van der Waals surface area (Å²) >= 11 is 0. The first-order valence-corrected chi connectivity index (χ1v) is 36.9. The lowest BCUT2D eigenvalue weighted by Gasteiger charge is -2.24. The van der Waals surface area contributed by atoms with Crippen molar-refractivity contribution < 1.29 is 42.1 Å². The summed E-state index contributed by atoms with van der Waals surface area (Å²) in [7, 11) is 1.48. The van der Waals surface area contributed by atoms with Crippen LogP contribution >= 0.6 is 7.82 Å². The topological polar surface area (TPSA) is 108 Å². The molecule has 2 unspecified atom stereocenters. The van der Waals surface area contributed by atoms with Gasteiger partial charge >= 0.3 is 19.8 Å². The summed E-state index contributed by atoms with van der Waals surface area (Å²) in [6.45, 7) is 4.44. The highest BCUT2D eigenvalue weighted by molar-refractivity contribution is 7.47. The number of likely N-dealkylation sites (N-methyl/N-ethyl adjacent to an activating group) is 1. The predicted octanol–water partition coefficient (Wildman–Crippen LogP) is 22.8. The van der Waals surface area contributed by atoms with Crippen LogP contribution in [0, 0.1) is 0 Å². The maximum absolute atomic E-state index is 12.8. The molecule has 0 aromatic heterocycles. The van der Waals surface area contributed by atoms with Crippen LogP contribution in [0.4, 0.5) is 0 Å². The number of esters is 2. The maximum atomic E-state index is 12.8. The summed E-state index contributed by atoms with van der Waals surface area (Å²) in [5.41, 5.74) is 0. The molecule has 0 saturated heterocycles. The van der Waals surface area contributed by atoms with Gasteiger partial charge in [0.25, 0.3) is 0 Å². The SMILES string of the molecule is CCCCC/C=C\C/C=C\C/C=C\CCCCCCCCC(=O)OC(COC(=O)CCCCCCCCCCCCCCCCCCCCCCCCCCCCC/C=C\CCCCCCCCCC)COP(=O)(O)OCC[N+](C)(C)C. The summed E-state index contributed by atoms with van der Waals surface area (Å²) in [6.07, 6.45) is 82.4. The Bertz CT molecular complexity index is 1520. The highest BCUT2D eigenvalue weighted by Crippen LogP contribution is 2.43. The molecule has 9 nitrogen and oxygen atoms in total. The molecule has 482 valence electrons. The largest absolute Gasteiger partial charge is 0.472 e. The van der Waals surface area contributed by atoms with Crippen LogP contribution in [0.2, 0.25) is 0 Å². The molecule has 0 rings (SSSR count). The average molecular weight is 1180 g/mol. The van der Waals surface area contributed by atoms with Gasteiger partial charge in [-0.25, -0.2) is 4.57 Å². The van der Waals surface area contributed by atoms with Crippen molar-refractivity contribution in [3.63, 3.8) is 0 Å². The molecular formula is C72H137NO8P+. The fourth-order valence-electron chi connectivity index (χ4n) is 10.4. The molecule has 0 aliphatic carbocycles. The third kappa shape index (κ3) is 67.1. The Labute approximate surface area is 509 Å². The second-order valence-corrected chi connectivity index (χ2v) is 26.7. The van der Waals surface area contributed by atoms with Gasteiger partial charge < -0.3 is 18.9 Å². The van der Waals surface area contributed by atoms with Gasteiger partial charge in [-0.3, -0.25) is 18.6 Å². The fourth-order valence-corrected chi connectivity index (χ4v) is 11.1. The Morgan fingerprint density at radius 2 is 0.659 bits per heavy atom. The van der Waals surface area contributed by atoms with Crippen LogP contribution in [0.5, 0.6) is 0 Å². The Hall–Kier alpha value is -2.03. The zero-order valence-corrected chi connectivity index (χ0v) is 55.9. The Kier molecular flexibility index (Phi) is 61.9. The minimum absolute atomic E-state index is 0.0295. The van der Waals surface area contributed by atoms with Gasteiger partial charge in [0.2, 0.25) is 0 Å². The van der Waals surface area contributed by atoms with Crippen molar-refractivity contribution in [2.45, 2.75) is 354 Å². The van der Waals surface area contributed by atoms with E-state index in [1.165, 1.54) is 244 Å². The zero-order valence-electron chi connectivity index (χ0n) is 55.0. The quantitative estimate of drug-likeness (QED) is 0.0211. The normalized spacial score (nSPS) is 13.4. The van der Waals surface area contributed by atoms with E-state index in [0.717, 1.165) is 70.6 Å². The van der Waals surface area contributed by atoms with Crippen LogP contribution in [0.25, 0.3) is 0 Å². The standard InChI is InChI=1S/C72H136NO8P/c1-6-8-10-12-14-16-18-20-22-24-26-27-28-29-30-31-32-33-34-35-36-37-38-39-40-41-42-43-44-45-47-48-50-52-54-56-58-60-62-64-71(74)78-68-70(69-80-82(76,77)79-67-66-73(3,4)5)81-72(75)65-63-61-59-57-55-53-51-49-46-25-23-21-19-17-15-13-11-9-7-2/h15,17,21,23-24,26,46,49,70H,6-14,16,18-20,22,25,27-45,47-48,50-69H2,1-5H3/p+1/b17-15-,23-21-,26-24-,49-46-. The van der Waals surface area contributed by atoms with Crippen molar-refractivity contribution >= 4 is 19.8 Å². The van der Waals surface area contributed by atoms with E-state index in [2.05, 4.69) is 62.5 Å². The molecule has 1 N–H and O–H groups in total.